The third kappa shape index (κ3) is 5.27. The first-order valence-corrected chi connectivity index (χ1v) is 5.89. The van der Waals surface area contributed by atoms with E-state index in [4.69, 9.17) is 0 Å². The highest BCUT2D eigenvalue weighted by Crippen LogP contribution is 2.22. The van der Waals surface area contributed by atoms with Crippen molar-refractivity contribution in [3.63, 3.8) is 0 Å². The van der Waals surface area contributed by atoms with E-state index in [1.807, 2.05) is 0 Å². The molecular formula is C11H24N2. The van der Waals surface area contributed by atoms with Gasteiger partial charge in [-0.15, -0.1) is 0 Å². The summed E-state index contributed by atoms with van der Waals surface area (Å²) in [5.41, 5.74) is 6.62. The van der Waals surface area contributed by atoms with Gasteiger partial charge < -0.3 is 0 Å². The van der Waals surface area contributed by atoms with Crippen molar-refractivity contribution < 1.29 is 0 Å². The zero-order valence-electron chi connectivity index (χ0n) is 8.94. The van der Waals surface area contributed by atoms with E-state index in [9.17, 15) is 0 Å². The second-order valence-corrected chi connectivity index (χ2v) is 4.17. The average molecular weight is 184 g/mol. The summed E-state index contributed by atoms with van der Waals surface area (Å²) in [7, 11) is 0. The quantitative estimate of drug-likeness (QED) is 0.489. The number of hydrazine groups is 1. The highest BCUT2D eigenvalue weighted by Gasteiger charge is 2.11. The van der Waals surface area contributed by atoms with E-state index in [2.05, 4.69) is 17.8 Å². The minimum atomic E-state index is 0.933. The van der Waals surface area contributed by atoms with Crippen molar-refractivity contribution in [3.8, 4) is 0 Å². The van der Waals surface area contributed by atoms with Gasteiger partial charge in [-0.2, -0.15) is 0 Å². The van der Waals surface area contributed by atoms with E-state index in [1.165, 1.54) is 51.5 Å². The summed E-state index contributed by atoms with van der Waals surface area (Å²) in [6.07, 6.45) is 9.77. The van der Waals surface area contributed by atoms with Crippen LogP contribution in [0.3, 0.4) is 0 Å². The number of hydrogen-bond acceptors (Lipinski definition) is 2. The Morgan fingerprint density at radius 1 is 1.08 bits per heavy atom. The van der Waals surface area contributed by atoms with Crippen molar-refractivity contribution in [3.05, 3.63) is 0 Å². The van der Waals surface area contributed by atoms with Gasteiger partial charge in [-0.25, -0.2) is 0 Å². The molecule has 2 N–H and O–H groups in total. The maximum Gasteiger partial charge on any atom is 0.0128 e. The SMILES string of the molecule is CCCCNNCC1CCCCC1. The summed E-state index contributed by atoms with van der Waals surface area (Å²) in [4.78, 5) is 0. The van der Waals surface area contributed by atoms with Crippen LogP contribution in [0.4, 0.5) is 0 Å². The Hall–Kier alpha value is -0.0800. The summed E-state index contributed by atoms with van der Waals surface area (Å²) in [5, 5.41) is 0. The summed E-state index contributed by atoms with van der Waals surface area (Å²) < 4.78 is 0. The van der Waals surface area contributed by atoms with Gasteiger partial charge in [-0.3, -0.25) is 10.9 Å². The molecular weight excluding hydrogens is 160 g/mol. The van der Waals surface area contributed by atoms with E-state index in [0.29, 0.717) is 0 Å². The summed E-state index contributed by atoms with van der Waals surface area (Å²) in [5.74, 6) is 0.933. The second-order valence-electron chi connectivity index (χ2n) is 4.17. The molecule has 0 aromatic carbocycles. The minimum Gasteiger partial charge on any atom is -0.258 e. The smallest absolute Gasteiger partial charge is 0.0128 e. The summed E-state index contributed by atoms with van der Waals surface area (Å²) >= 11 is 0. The molecule has 0 radical (unpaired) electrons. The molecule has 78 valence electrons. The maximum absolute atomic E-state index is 3.34. The zero-order chi connectivity index (χ0) is 9.36. The Morgan fingerprint density at radius 3 is 2.54 bits per heavy atom. The molecule has 2 nitrogen and oxygen atoms in total. The van der Waals surface area contributed by atoms with Gasteiger partial charge in [0.1, 0.15) is 0 Å². The molecule has 1 aliphatic carbocycles. The largest absolute Gasteiger partial charge is 0.258 e. The number of rotatable bonds is 6. The molecule has 0 amide bonds. The third-order valence-corrected chi connectivity index (χ3v) is 2.90. The first kappa shape index (κ1) is 11.0. The van der Waals surface area contributed by atoms with Gasteiger partial charge >= 0.3 is 0 Å². The fourth-order valence-corrected chi connectivity index (χ4v) is 1.96. The predicted molar refractivity (Wildman–Crippen MR) is 57.5 cm³/mol. The van der Waals surface area contributed by atoms with Crippen LogP contribution < -0.4 is 10.9 Å². The van der Waals surface area contributed by atoms with Crippen LogP contribution in [-0.4, -0.2) is 13.1 Å². The van der Waals surface area contributed by atoms with Gasteiger partial charge in [0.2, 0.25) is 0 Å². The molecule has 13 heavy (non-hydrogen) atoms. The normalized spacial score (nSPS) is 19.2. The van der Waals surface area contributed by atoms with Crippen LogP contribution in [0, 0.1) is 5.92 Å². The van der Waals surface area contributed by atoms with Crippen LogP contribution >= 0.6 is 0 Å². The Kier molecular flexibility index (Phi) is 6.21. The van der Waals surface area contributed by atoms with E-state index >= 15 is 0 Å². The Labute approximate surface area is 82.5 Å². The van der Waals surface area contributed by atoms with Crippen LogP contribution in [0.15, 0.2) is 0 Å². The zero-order valence-corrected chi connectivity index (χ0v) is 8.94. The molecule has 1 fully saturated rings. The van der Waals surface area contributed by atoms with Crippen LogP contribution in [0.2, 0.25) is 0 Å². The van der Waals surface area contributed by atoms with E-state index in [1.54, 1.807) is 0 Å². The standard InChI is InChI=1S/C11H24N2/c1-2-3-9-12-13-10-11-7-5-4-6-8-11/h11-13H,2-10H2,1H3. The van der Waals surface area contributed by atoms with Gasteiger partial charge in [-0.05, 0) is 25.2 Å². The van der Waals surface area contributed by atoms with Crippen molar-refractivity contribution in [2.75, 3.05) is 13.1 Å². The summed E-state index contributed by atoms with van der Waals surface area (Å²) in [6.45, 7) is 4.51. The Bertz CT molecular complexity index is 109. The van der Waals surface area contributed by atoms with Crippen LogP contribution in [-0.2, 0) is 0 Å². The average Bonchev–Trinajstić information content (AvgIpc) is 2.19. The third-order valence-electron chi connectivity index (χ3n) is 2.90. The molecule has 0 aliphatic heterocycles. The lowest BCUT2D eigenvalue weighted by atomic mass is 9.89. The van der Waals surface area contributed by atoms with Crippen LogP contribution in [0.5, 0.6) is 0 Å². The topological polar surface area (TPSA) is 24.1 Å². The van der Waals surface area contributed by atoms with Gasteiger partial charge in [0, 0.05) is 13.1 Å². The van der Waals surface area contributed by atoms with Crippen LogP contribution in [0.25, 0.3) is 0 Å². The first-order valence-electron chi connectivity index (χ1n) is 5.89. The first-order chi connectivity index (χ1) is 6.43. The van der Waals surface area contributed by atoms with Crippen molar-refractivity contribution in [2.45, 2.75) is 51.9 Å². The summed E-state index contributed by atoms with van der Waals surface area (Å²) in [6, 6.07) is 0. The van der Waals surface area contributed by atoms with E-state index < -0.39 is 0 Å². The van der Waals surface area contributed by atoms with Crippen molar-refractivity contribution in [1.29, 1.82) is 0 Å². The Balaban J connectivity index is 1.86. The molecule has 0 aromatic heterocycles. The van der Waals surface area contributed by atoms with Crippen molar-refractivity contribution in [1.82, 2.24) is 10.9 Å². The molecule has 0 aromatic rings. The molecule has 1 aliphatic rings. The molecule has 0 bridgehead atoms. The Morgan fingerprint density at radius 2 is 1.85 bits per heavy atom. The van der Waals surface area contributed by atoms with Gasteiger partial charge in [0.15, 0.2) is 0 Å². The highest BCUT2D eigenvalue weighted by atomic mass is 15.3. The monoisotopic (exact) mass is 184 g/mol. The molecule has 1 rings (SSSR count). The maximum atomic E-state index is 3.34. The fourth-order valence-electron chi connectivity index (χ4n) is 1.96. The highest BCUT2D eigenvalue weighted by molar-refractivity contribution is 4.66. The molecule has 0 saturated heterocycles. The number of hydrogen-bond donors (Lipinski definition) is 2. The van der Waals surface area contributed by atoms with Crippen molar-refractivity contribution >= 4 is 0 Å². The van der Waals surface area contributed by atoms with Gasteiger partial charge in [0.05, 0.1) is 0 Å². The molecule has 0 spiro atoms. The molecule has 0 atom stereocenters. The van der Waals surface area contributed by atoms with Crippen LogP contribution in [0.1, 0.15) is 51.9 Å². The molecule has 2 heteroatoms. The van der Waals surface area contributed by atoms with Crippen molar-refractivity contribution in [2.24, 2.45) is 5.92 Å². The van der Waals surface area contributed by atoms with E-state index in [0.717, 1.165) is 12.5 Å². The minimum absolute atomic E-state index is 0.933. The lowest BCUT2D eigenvalue weighted by Crippen LogP contribution is -2.36. The fraction of sp³-hybridized carbons (Fsp3) is 1.00. The lowest BCUT2D eigenvalue weighted by molar-refractivity contribution is 0.325. The molecule has 0 unspecified atom stereocenters. The number of nitrogens with one attached hydrogen (secondary N) is 2. The van der Waals surface area contributed by atoms with Gasteiger partial charge in [0.25, 0.3) is 0 Å². The molecule has 1 saturated carbocycles. The predicted octanol–water partition coefficient (Wildman–Crippen LogP) is 2.46. The second kappa shape index (κ2) is 7.34. The molecule has 0 heterocycles. The van der Waals surface area contributed by atoms with Gasteiger partial charge in [-0.1, -0.05) is 32.6 Å². The van der Waals surface area contributed by atoms with E-state index in [-0.39, 0.29) is 0 Å². The lowest BCUT2D eigenvalue weighted by Gasteiger charge is -2.21. The number of unbranched alkanes of at least 4 members (excludes halogenated alkanes) is 1.